The third kappa shape index (κ3) is 3.90. The monoisotopic (exact) mass is 380 g/mol. The molecule has 3 rings (SSSR count). The van der Waals surface area contributed by atoms with Gasteiger partial charge in [0.25, 0.3) is 0 Å². The lowest BCUT2D eigenvalue weighted by atomic mass is 10.1. The Bertz CT molecular complexity index is 876. The van der Waals surface area contributed by atoms with Crippen LogP contribution in [0.1, 0.15) is 10.4 Å². The van der Waals surface area contributed by atoms with Crippen molar-refractivity contribution in [2.45, 2.75) is 6.54 Å². The van der Waals surface area contributed by atoms with Crippen LogP contribution in [0.4, 0.5) is 0 Å². The van der Waals surface area contributed by atoms with E-state index in [0.29, 0.717) is 32.3 Å². The third-order valence-electron chi connectivity index (χ3n) is 3.27. The lowest BCUT2D eigenvalue weighted by molar-refractivity contribution is 0.0972. The summed E-state index contributed by atoms with van der Waals surface area (Å²) in [6, 6.07) is 11.9. The molecule has 0 aliphatic carbocycles. The average molecular weight is 382 g/mol. The van der Waals surface area contributed by atoms with Gasteiger partial charge in [-0.1, -0.05) is 34.8 Å². The molecule has 4 nitrogen and oxygen atoms in total. The standard InChI is InChI=1S/C17H11Cl3N2O2/c18-11-1-3-12(4-2-11)24-13-5-6-14(15(19)7-13)16(23)9-22-10-21-8-17(22)20/h1-8,10H,9H2. The molecule has 0 spiro atoms. The van der Waals surface area contributed by atoms with Crippen molar-refractivity contribution >= 4 is 40.6 Å². The van der Waals surface area contributed by atoms with Gasteiger partial charge in [0.15, 0.2) is 5.78 Å². The second kappa shape index (κ2) is 7.26. The van der Waals surface area contributed by atoms with Crippen LogP contribution in [-0.2, 0) is 6.54 Å². The molecule has 3 aromatic rings. The fraction of sp³-hybridized carbons (Fsp3) is 0.0588. The topological polar surface area (TPSA) is 44.1 Å². The summed E-state index contributed by atoms with van der Waals surface area (Å²) in [4.78, 5) is 16.2. The van der Waals surface area contributed by atoms with Gasteiger partial charge in [-0.15, -0.1) is 0 Å². The van der Waals surface area contributed by atoms with E-state index >= 15 is 0 Å². The zero-order chi connectivity index (χ0) is 17.1. The Morgan fingerprint density at radius 1 is 1.04 bits per heavy atom. The minimum Gasteiger partial charge on any atom is -0.457 e. The number of carbonyl (C=O) groups is 1. The quantitative estimate of drug-likeness (QED) is 0.547. The van der Waals surface area contributed by atoms with E-state index in [0.717, 1.165) is 0 Å². The molecule has 1 heterocycles. The number of Topliss-reactive ketones (excluding diaryl/α,β-unsaturated/α-hetero) is 1. The maximum atomic E-state index is 12.3. The Morgan fingerprint density at radius 3 is 2.38 bits per heavy atom. The van der Waals surface area contributed by atoms with Crippen LogP contribution in [-0.4, -0.2) is 15.3 Å². The Balaban J connectivity index is 1.75. The van der Waals surface area contributed by atoms with Crippen LogP contribution < -0.4 is 4.74 Å². The van der Waals surface area contributed by atoms with Gasteiger partial charge >= 0.3 is 0 Å². The smallest absolute Gasteiger partial charge is 0.184 e. The third-order valence-corrected chi connectivity index (χ3v) is 4.15. The molecule has 2 aromatic carbocycles. The molecule has 1 aromatic heterocycles. The number of carbonyl (C=O) groups excluding carboxylic acids is 1. The number of halogens is 3. The molecule has 0 amide bonds. The van der Waals surface area contributed by atoms with Crippen LogP contribution in [0.2, 0.25) is 15.2 Å². The van der Waals surface area contributed by atoms with Gasteiger partial charge in [0.2, 0.25) is 0 Å². The van der Waals surface area contributed by atoms with Gasteiger partial charge in [-0.05, 0) is 36.4 Å². The predicted molar refractivity (Wildman–Crippen MR) is 94.5 cm³/mol. The molecule has 0 radical (unpaired) electrons. The normalized spacial score (nSPS) is 10.6. The van der Waals surface area contributed by atoms with Crippen LogP contribution in [0.5, 0.6) is 11.5 Å². The van der Waals surface area contributed by atoms with E-state index in [2.05, 4.69) is 4.98 Å². The molecule has 0 saturated heterocycles. The summed E-state index contributed by atoms with van der Waals surface area (Å²) in [7, 11) is 0. The zero-order valence-corrected chi connectivity index (χ0v) is 14.5. The number of imidazole rings is 1. The second-order valence-electron chi connectivity index (χ2n) is 4.97. The van der Waals surface area contributed by atoms with Crippen molar-refractivity contribution in [2.75, 3.05) is 0 Å². The number of hydrogen-bond acceptors (Lipinski definition) is 3. The number of hydrogen-bond donors (Lipinski definition) is 0. The van der Waals surface area contributed by atoms with Gasteiger partial charge in [-0.2, -0.15) is 0 Å². The fourth-order valence-corrected chi connectivity index (χ4v) is 2.65. The van der Waals surface area contributed by atoms with Crippen LogP contribution in [0.25, 0.3) is 0 Å². The molecule has 0 atom stereocenters. The summed E-state index contributed by atoms with van der Waals surface area (Å²) in [5, 5.41) is 1.32. The van der Waals surface area contributed by atoms with E-state index in [1.165, 1.54) is 12.5 Å². The van der Waals surface area contributed by atoms with Crippen molar-refractivity contribution in [1.82, 2.24) is 9.55 Å². The molecule has 0 aliphatic heterocycles. The molecule has 0 aliphatic rings. The van der Waals surface area contributed by atoms with E-state index < -0.39 is 0 Å². The minimum absolute atomic E-state index is 0.0654. The maximum Gasteiger partial charge on any atom is 0.184 e. The van der Waals surface area contributed by atoms with Crippen molar-refractivity contribution in [1.29, 1.82) is 0 Å². The van der Waals surface area contributed by atoms with Crippen LogP contribution in [0.3, 0.4) is 0 Å². The fourth-order valence-electron chi connectivity index (χ4n) is 2.09. The molecule has 0 unspecified atom stereocenters. The van der Waals surface area contributed by atoms with Crippen LogP contribution >= 0.6 is 34.8 Å². The number of nitrogens with zero attached hydrogens (tertiary/aromatic N) is 2. The molecule has 0 saturated carbocycles. The molecule has 122 valence electrons. The first-order valence-corrected chi connectivity index (χ1v) is 8.08. The first kappa shape index (κ1) is 16.8. The van der Waals surface area contributed by atoms with Gasteiger partial charge in [-0.25, -0.2) is 4.98 Å². The van der Waals surface area contributed by atoms with E-state index in [1.807, 2.05) is 0 Å². The molecule has 24 heavy (non-hydrogen) atoms. The molecular formula is C17H11Cl3N2O2. The lowest BCUT2D eigenvalue weighted by Crippen LogP contribution is -2.10. The largest absolute Gasteiger partial charge is 0.457 e. The first-order valence-electron chi connectivity index (χ1n) is 6.95. The van der Waals surface area contributed by atoms with Gasteiger partial charge in [-0.3, -0.25) is 4.79 Å². The molecule has 0 N–H and O–H groups in total. The predicted octanol–water partition coefficient (Wildman–Crippen LogP) is 5.52. The SMILES string of the molecule is O=C(Cn1cncc1Cl)c1ccc(Oc2ccc(Cl)cc2)cc1Cl. The van der Waals surface area contributed by atoms with Gasteiger partial charge in [0, 0.05) is 16.7 Å². The summed E-state index contributed by atoms with van der Waals surface area (Å²) >= 11 is 18.0. The van der Waals surface area contributed by atoms with Crippen molar-refractivity contribution in [3.8, 4) is 11.5 Å². The highest BCUT2D eigenvalue weighted by molar-refractivity contribution is 6.34. The van der Waals surface area contributed by atoms with E-state index in [-0.39, 0.29) is 12.3 Å². The summed E-state index contributed by atoms with van der Waals surface area (Å²) in [6.45, 7) is 0.0654. The van der Waals surface area contributed by atoms with E-state index in [4.69, 9.17) is 39.5 Å². The first-order chi connectivity index (χ1) is 11.5. The van der Waals surface area contributed by atoms with Gasteiger partial charge in [0.1, 0.15) is 16.7 Å². The second-order valence-corrected chi connectivity index (χ2v) is 6.20. The van der Waals surface area contributed by atoms with Crippen molar-refractivity contribution < 1.29 is 9.53 Å². The van der Waals surface area contributed by atoms with Crippen LogP contribution in [0, 0.1) is 0 Å². The van der Waals surface area contributed by atoms with Crippen molar-refractivity contribution in [3.63, 3.8) is 0 Å². The summed E-state index contributed by atoms with van der Waals surface area (Å²) in [5.41, 5.74) is 0.393. The van der Waals surface area contributed by atoms with Crippen molar-refractivity contribution in [3.05, 3.63) is 75.8 Å². The average Bonchev–Trinajstić information content (AvgIpc) is 2.95. The van der Waals surface area contributed by atoms with E-state index in [9.17, 15) is 4.79 Å². The lowest BCUT2D eigenvalue weighted by Gasteiger charge is -2.09. The number of benzene rings is 2. The molecule has 0 bridgehead atoms. The summed E-state index contributed by atoms with van der Waals surface area (Å²) in [6.07, 6.45) is 2.96. The molecule has 0 fully saturated rings. The summed E-state index contributed by atoms with van der Waals surface area (Å²) < 4.78 is 7.22. The number of ketones is 1. The Morgan fingerprint density at radius 2 is 1.75 bits per heavy atom. The van der Waals surface area contributed by atoms with Gasteiger partial charge < -0.3 is 9.30 Å². The Kier molecular flexibility index (Phi) is 5.09. The highest BCUT2D eigenvalue weighted by atomic mass is 35.5. The highest BCUT2D eigenvalue weighted by Crippen LogP contribution is 2.28. The number of aromatic nitrogens is 2. The molecular weight excluding hydrogens is 371 g/mol. The zero-order valence-electron chi connectivity index (χ0n) is 12.2. The minimum atomic E-state index is -0.169. The maximum absolute atomic E-state index is 12.3. The summed E-state index contributed by atoms with van der Waals surface area (Å²) in [5.74, 6) is 0.984. The molecule has 7 heteroatoms. The van der Waals surface area contributed by atoms with E-state index in [1.54, 1.807) is 47.0 Å². The van der Waals surface area contributed by atoms with Crippen LogP contribution in [0.15, 0.2) is 55.0 Å². The number of rotatable bonds is 5. The number of ether oxygens (including phenoxy) is 1. The highest BCUT2D eigenvalue weighted by Gasteiger charge is 2.13. The Labute approximate surface area is 153 Å². The Hall–Kier alpha value is -2.01. The van der Waals surface area contributed by atoms with Gasteiger partial charge in [0.05, 0.1) is 24.1 Å². The van der Waals surface area contributed by atoms with Crippen molar-refractivity contribution in [2.24, 2.45) is 0 Å².